The number of benzene rings is 1. The van der Waals surface area contributed by atoms with Gasteiger partial charge in [-0.2, -0.15) is 4.31 Å². The van der Waals surface area contributed by atoms with E-state index in [4.69, 9.17) is 0 Å². The average Bonchev–Trinajstić information content (AvgIpc) is 2.82. The largest absolute Gasteiger partial charge is 0.312 e. The molecule has 0 aliphatic carbocycles. The van der Waals surface area contributed by atoms with E-state index in [-0.39, 0.29) is 6.04 Å². The van der Waals surface area contributed by atoms with Crippen LogP contribution in [0.3, 0.4) is 0 Å². The van der Waals surface area contributed by atoms with Gasteiger partial charge in [0.05, 0.1) is 0 Å². The van der Waals surface area contributed by atoms with Gasteiger partial charge in [-0.15, -0.1) is 11.3 Å². The van der Waals surface area contributed by atoms with Crippen molar-refractivity contribution in [1.29, 1.82) is 0 Å². The van der Waals surface area contributed by atoms with E-state index in [0.717, 1.165) is 21.5 Å². The normalized spacial score (nSPS) is 12.7. The molecule has 2 aromatic rings. The van der Waals surface area contributed by atoms with Crippen LogP contribution in [0, 0.1) is 0 Å². The molecule has 1 aromatic heterocycles. The first-order chi connectivity index (χ1) is 9.89. The molecule has 0 atom stereocenters. The van der Waals surface area contributed by atoms with Gasteiger partial charge in [0, 0.05) is 34.6 Å². The van der Waals surface area contributed by atoms with Crippen LogP contribution in [0.4, 0.5) is 0 Å². The van der Waals surface area contributed by atoms with Crippen LogP contribution in [-0.4, -0.2) is 32.4 Å². The van der Waals surface area contributed by atoms with E-state index in [1.807, 2.05) is 45.0 Å². The van der Waals surface area contributed by atoms with Crippen LogP contribution in [0.15, 0.2) is 29.2 Å². The molecule has 1 heterocycles. The summed E-state index contributed by atoms with van der Waals surface area (Å²) >= 11 is 1.55. The van der Waals surface area contributed by atoms with E-state index < -0.39 is 10.0 Å². The topological polar surface area (TPSA) is 49.4 Å². The minimum Gasteiger partial charge on any atom is -0.312 e. The Morgan fingerprint density at radius 1 is 1.29 bits per heavy atom. The molecule has 2 rings (SSSR count). The minimum absolute atomic E-state index is 0.0688. The molecule has 4 nitrogen and oxygen atoms in total. The molecule has 1 N–H and O–H groups in total. The summed E-state index contributed by atoms with van der Waals surface area (Å²) in [6.07, 6.45) is 0. The number of hydrogen-bond acceptors (Lipinski definition) is 4. The smallest absolute Gasteiger partial charge is 0.244 e. The number of sulfonamides is 1. The first-order valence-electron chi connectivity index (χ1n) is 7.08. The predicted molar refractivity (Wildman–Crippen MR) is 89.3 cm³/mol. The molecular formula is C15H22N2O2S2. The zero-order valence-corrected chi connectivity index (χ0v) is 14.5. The Morgan fingerprint density at radius 3 is 2.57 bits per heavy atom. The number of nitrogens with one attached hydrogen (secondary N) is 1. The van der Waals surface area contributed by atoms with Crippen molar-refractivity contribution in [2.24, 2.45) is 0 Å². The third kappa shape index (κ3) is 3.13. The van der Waals surface area contributed by atoms with Gasteiger partial charge in [0.2, 0.25) is 10.0 Å². The fourth-order valence-electron chi connectivity index (χ4n) is 2.13. The molecule has 0 bridgehead atoms. The monoisotopic (exact) mass is 326 g/mol. The highest BCUT2D eigenvalue weighted by atomic mass is 32.2. The number of hydrogen-bond donors (Lipinski definition) is 1. The summed E-state index contributed by atoms with van der Waals surface area (Å²) in [7, 11) is -1.84. The molecule has 0 amide bonds. The maximum Gasteiger partial charge on any atom is 0.244 e. The molecule has 116 valence electrons. The minimum atomic E-state index is -3.48. The third-order valence-corrected chi connectivity index (χ3v) is 6.98. The van der Waals surface area contributed by atoms with Crippen LogP contribution in [0.1, 0.15) is 25.6 Å². The molecule has 0 aliphatic rings. The second-order valence-electron chi connectivity index (χ2n) is 5.25. The van der Waals surface area contributed by atoms with Gasteiger partial charge in [-0.3, -0.25) is 0 Å². The first-order valence-corrected chi connectivity index (χ1v) is 9.34. The standard InChI is InChI=1S/C15H22N2O2S2/c1-5-16-10-14-15(21(18,19)17(4)11(2)3)12-8-6-7-9-13(12)20-14/h6-9,11,16H,5,10H2,1-4H3. The summed E-state index contributed by atoms with van der Waals surface area (Å²) in [5, 5.41) is 4.06. The van der Waals surface area contributed by atoms with Crippen molar-refractivity contribution in [2.75, 3.05) is 13.6 Å². The molecular weight excluding hydrogens is 304 g/mol. The maximum absolute atomic E-state index is 12.9. The van der Waals surface area contributed by atoms with Gasteiger partial charge in [-0.25, -0.2) is 8.42 Å². The quantitative estimate of drug-likeness (QED) is 0.887. The Morgan fingerprint density at radius 2 is 1.95 bits per heavy atom. The highest BCUT2D eigenvalue weighted by Gasteiger charge is 2.29. The summed E-state index contributed by atoms with van der Waals surface area (Å²) in [5.74, 6) is 0. The summed E-state index contributed by atoms with van der Waals surface area (Å²) in [6, 6.07) is 7.63. The molecule has 0 saturated carbocycles. The van der Waals surface area contributed by atoms with E-state index in [1.54, 1.807) is 18.4 Å². The molecule has 0 spiro atoms. The van der Waals surface area contributed by atoms with Crippen LogP contribution < -0.4 is 5.32 Å². The number of nitrogens with zero attached hydrogens (tertiary/aromatic N) is 1. The first kappa shape index (κ1) is 16.4. The summed E-state index contributed by atoms with van der Waals surface area (Å²) in [4.78, 5) is 1.34. The zero-order valence-electron chi connectivity index (χ0n) is 12.9. The summed E-state index contributed by atoms with van der Waals surface area (Å²) < 4.78 is 28.3. The molecule has 1 aromatic carbocycles. The fraction of sp³-hybridized carbons (Fsp3) is 0.467. The lowest BCUT2D eigenvalue weighted by molar-refractivity contribution is 0.410. The lowest BCUT2D eigenvalue weighted by Crippen LogP contribution is -2.33. The van der Waals surface area contributed by atoms with E-state index in [1.165, 1.54) is 4.31 Å². The maximum atomic E-state index is 12.9. The predicted octanol–water partition coefficient (Wildman–Crippen LogP) is 3.04. The highest BCUT2D eigenvalue weighted by Crippen LogP contribution is 2.36. The van der Waals surface area contributed by atoms with Crippen LogP contribution in [0.25, 0.3) is 10.1 Å². The lowest BCUT2D eigenvalue weighted by Gasteiger charge is -2.21. The average molecular weight is 326 g/mol. The van der Waals surface area contributed by atoms with Crippen LogP contribution in [-0.2, 0) is 16.6 Å². The molecule has 0 unspecified atom stereocenters. The lowest BCUT2D eigenvalue weighted by atomic mass is 10.2. The van der Waals surface area contributed by atoms with Gasteiger partial charge in [-0.1, -0.05) is 25.1 Å². The number of thiophene rings is 1. The van der Waals surface area contributed by atoms with Crippen LogP contribution in [0.2, 0.25) is 0 Å². The Kier molecular flexibility index (Phi) is 5.03. The SMILES string of the molecule is CCNCc1sc2ccccc2c1S(=O)(=O)N(C)C(C)C. The van der Waals surface area contributed by atoms with Gasteiger partial charge < -0.3 is 5.32 Å². The molecule has 0 fully saturated rings. The van der Waals surface area contributed by atoms with Gasteiger partial charge in [0.1, 0.15) is 4.90 Å². The van der Waals surface area contributed by atoms with Crippen molar-refractivity contribution in [1.82, 2.24) is 9.62 Å². The molecule has 21 heavy (non-hydrogen) atoms. The second-order valence-corrected chi connectivity index (χ2v) is 8.32. The van der Waals surface area contributed by atoms with Crippen molar-refractivity contribution in [3.05, 3.63) is 29.1 Å². The Balaban J connectivity index is 2.65. The summed E-state index contributed by atoms with van der Waals surface area (Å²) in [5.41, 5.74) is 0. The van der Waals surface area contributed by atoms with Gasteiger partial charge in [0.15, 0.2) is 0 Å². The van der Waals surface area contributed by atoms with E-state index in [2.05, 4.69) is 5.32 Å². The Hall–Kier alpha value is -0.950. The van der Waals surface area contributed by atoms with Crippen LogP contribution in [0.5, 0.6) is 0 Å². The van der Waals surface area contributed by atoms with Crippen LogP contribution >= 0.6 is 11.3 Å². The van der Waals surface area contributed by atoms with Gasteiger partial charge in [0.25, 0.3) is 0 Å². The van der Waals surface area contributed by atoms with E-state index in [9.17, 15) is 8.42 Å². The van der Waals surface area contributed by atoms with Crippen molar-refractivity contribution in [2.45, 2.75) is 38.3 Å². The molecule has 0 saturated heterocycles. The summed E-state index contributed by atoms with van der Waals surface area (Å²) in [6.45, 7) is 7.18. The van der Waals surface area contributed by atoms with E-state index in [0.29, 0.717) is 11.4 Å². The van der Waals surface area contributed by atoms with Gasteiger partial charge >= 0.3 is 0 Å². The third-order valence-electron chi connectivity index (χ3n) is 3.52. The number of rotatable bonds is 6. The van der Waals surface area contributed by atoms with Crippen molar-refractivity contribution < 1.29 is 8.42 Å². The number of fused-ring (bicyclic) bond motifs is 1. The van der Waals surface area contributed by atoms with E-state index >= 15 is 0 Å². The van der Waals surface area contributed by atoms with Crippen molar-refractivity contribution in [3.63, 3.8) is 0 Å². The van der Waals surface area contributed by atoms with Crippen molar-refractivity contribution in [3.8, 4) is 0 Å². The highest BCUT2D eigenvalue weighted by molar-refractivity contribution is 7.89. The zero-order chi connectivity index (χ0) is 15.6. The Labute approximate surface area is 130 Å². The second kappa shape index (κ2) is 6.44. The van der Waals surface area contributed by atoms with Gasteiger partial charge in [-0.05, 0) is 26.5 Å². The fourth-order valence-corrected chi connectivity index (χ4v) is 5.37. The van der Waals surface area contributed by atoms with Crippen molar-refractivity contribution >= 4 is 31.4 Å². The Bertz CT molecular complexity index is 720. The molecule has 0 radical (unpaired) electrons. The molecule has 6 heteroatoms. The molecule has 0 aliphatic heterocycles.